The molecular weight excluding hydrogens is 395 g/mol. The van der Waals surface area contributed by atoms with E-state index in [4.69, 9.17) is 4.74 Å². The zero-order valence-electron chi connectivity index (χ0n) is 16.6. The number of fused-ring (bicyclic) bond motifs is 1. The fourth-order valence-corrected chi connectivity index (χ4v) is 3.79. The molecule has 1 saturated heterocycles. The zero-order chi connectivity index (χ0) is 21.2. The van der Waals surface area contributed by atoms with Crippen LogP contribution in [0.4, 0.5) is 4.39 Å². The Bertz CT molecular complexity index is 1260. The number of hydrogen-bond acceptors (Lipinski definition) is 5. The first kappa shape index (κ1) is 19.3. The maximum Gasteiger partial charge on any atom is 0.256 e. The number of carbonyl (C=O) groups excluding carboxylic acids is 1. The highest BCUT2D eigenvalue weighted by molar-refractivity contribution is 6.05. The summed E-state index contributed by atoms with van der Waals surface area (Å²) in [6.07, 6.45) is 4.36. The van der Waals surface area contributed by atoms with Gasteiger partial charge in [0, 0.05) is 23.7 Å². The Kier molecular flexibility index (Phi) is 5.09. The first-order valence-electron chi connectivity index (χ1n) is 10.0. The molecule has 1 unspecified atom stereocenters. The second-order valence-electron chi connectivity index (χ2n) is 7.30. The van der Waals surface area contributed by atoms with Crippen LogP contribution in [0.5, 0.6) is 0 Å². The highest BCUT2D eigenvalue weighted by Crippen LogP contribution is 2.26. The SMILES string of the molecule is O=C(c1cccc2cccnc12)N1CCOC(c2cncc(-c3ccccc3F)n2)C1. The Balaban J connectivity index is 1.41. The second kappa shape index (κ2) is 8.20. The van der Waals surface area contributed by atoms with Crippen molar-refractivity contribution in [1.29, 1.82) is 0 Å². The van der Waals surface area contributed by atoms with Crippen molar-refractivity contribution in [2.24, 2.45) is 0 Å². The molecular formula is C24H19FN4O2. The maximum atomic E-state index is 14.2. The van der Waals surface area contributed by atoms with Crippen molar-refractivity contribution in [3.63, 3.8) is 0 Å². The van der Waals surface area contributed by atoms with E-state index in [0.29, 0.717) is 47.7 Å². The largest absolute Gasteiger partial charge is 0.368 e. The summed E-state index contributed by atoms with van der Waals surface area (Å²) in [5.74, 6) is -0.463. The highest BCUT2D eigenvalue weighted by Gasteiger charge is 2.28. The van der Waals surface area contributed by atoms with E-state index in [1.807, 2.05) is 24.3 Å². The molecule has 2 aromatic carbocycles. The van der Waals surface area contributed by atoms with Gasteiger partial charge < -0.3 is 9.64 Å². The van der Waals surface area contributed by atoms with Gasteiger partial charge in [0.1, 0.15) is 11.9 Å². The number of halogens is 1. The van der Waals surface area contributed by atoms with Crippen LogP contribution in [-0.2, 0) is 4.74 Å². The minimum Gasteiger partial charge on any atom is -0.368 e. The fourth-order valence-electron chi connectivity index (χ4n) is 3.79. The van der Waals surface area contributed by atoms with Gasteiger partial charge in [0.25, 0.3) is 5.91 Å². The van der Waals surface area contributed by atoms with Crippen LogP contribution in [0.15, 0.2) is 73.2 Å². The van der Waals surface area contributed by atoms with Crippen molar-refractivity contribution in [2.75, 3.05) is 19.7 Å². The number of pyridine rings is 1. The minimum absolute atomic E-state index is 0.101. The van der Waals surface area contributed by atoms with E-state index in [2.05, 4.69) is 15.0 Å². The molecule has 1 aliphatic heterocycles. The van der Waals surface area contributed by atoms with Gasteiger partial charge in [0.15, 0.2) is 0 Å². The molecule has 154 valence electrons. The van der Waals surface area contributed by atoms with E-state index in [9.17, 15) is 9.18 Å². The number of morpholine rings is 1. The van der Waals surface area contributed by atoms with Crippen LogP contribution in [0.25, 0.3) is 22.2 Å². The van der Waals surface area contributed by atoms with Crippen LogP contribution in [0.1, 0.15) is 22.2 Å². The Morgan fingerprint density at radius 1 is 1.06 bits per heavy atom. The lowest BCUT2D eigenvalue weighted by Crippen LogP contribution is -2.42. The molecule has 5 rings (SSSR count). The Morgan fingerprint density at radius 2 is 1.94 bits per heavy atom. The second-order valence-corrected chi connectivity index (χ2v) is 7.30. The summed E-state index contributed by atoms with van der Waals surface area (Å²) in [6.45, 7) is 1.18. The van der Waals surface area contributed by atoms with Crippen LogP contribution in [-0.4, -0.2) is 45.5 Å². The summed E-state index contributed by atoms with van der Waals surface area (Å²) in [5.41, 5.74) is 2.61. The average molecular weight is 414 g/mol. The number of hydrogen-bond donors (Lipinski definition) is 0. The van der Waals surface area contributed by atoms with Crippen molar-refractivity contribution >= 4 is 16.8 Å². The molecule has 1 fully saturated rings. The monoisotopic (exact) mass is 414 g/mol. The van der Waals surface area contributed by atoms with Crippen molar-refractivity contribution in [3.05, 3.63) is 90.3 Å². The lowest BCUT2D eigenvalue weighted by atomic mass is 10.1. The van der Waals surface area contributed by atoms with Crippen LogP contribution in [0.2, 0.25) is 0 Å². The van der Waals surface area contributed by atoms with Crippen molar-refractivity contribution in [3.8, 4) is 11.3 Å². The molecule has 0 N–H and O–H groups in total. The molecule has 31 heavy (non-hydrogen) atoms. The predicted molar refractivity (Wildman–Crippen MR) is 114 cm³/mol. The van der Waals surface area contributed by atoms with Crippen LogP contribution in [0, 0.1) is 5.82 Å². The third-order valence-electron chi connectivity index (χ3n) is 5.35. The standard InChI is InChI=1S/C24H19FN4O2/c25-19-9-2-1-7-17(19)20-13-26-14-21(28-20)22-15-29(11-12-31-22)24(30)18-8-3-5-16-6-4-10-27-23(16)18/h1-10,13-14,22H,11-12,15H2. The van der Waals surface area contributed by atoms with Gasteiger partial charge in [0.2, 0.25) is 0 Å². The number of para-hydroxylation sites is 1. The molecule has 1 atom stereocenters. The quantitative estimate of drug-likeness (QED) is 0.506. The van der Waals surface area contributed by atoms with E-state index in [1.54, 1.807) is 41.6 Å². The van der Waals surface area contributed by atoms with E-state index < -0.39 is 6.10 Å². The number of ether oxygens (including phenoxy) is 1. The summed E-state index contributed by atoms with van der Waals surface area (Å²) in [6, 6.07) is 15.8. The van der Waals surface area contributed by atoms with Gasteiger partial charge in [0.05, 0.1) is 48.0 Å². The van der Waals surface area contributed by atoms with Gasteiger partial charge in [-0.15, -0.1) is 0 Å². The molecule has 3 heterocycles. The van der Waals surface area contributed by atoms with Gasteiger partial charge in [-0.2, -0.15) is 0 Å². The van der Waals surface area contributed by atoms with Crippen LogP contribution >= 0.6 is 0 Å². The molecule has 0 aliphatic carbocycles. The highest BCUT2D eigenvalue weighted by atomic mass is 19.1. The zero-order valence-corrected chi connectivity index (χ0v) is 16.6. The summed E-state index contributed by atoms with van der Waals surface area (Å²) in [5, 5.41) is 0.918. The first-order chi connectivity index (χ1) is 15.2. The smallest absolute Gasteiger partial charge is 0.256 e. The molecule has 1 aliphatic rings. The molecule has 0 radical (unpaired) electrons. The third-order valence-corrected chi connectivity index (χ3v) is 5.35. The van der Waals surface area contributed by atoms with E-state index in [0.717, 1.165) is 5.39 Å². The summed E-state index contributed by atoms with van der Waals surface area (Å²) in [4.78, 5) is 28.2. The predicted octanol–water partition coefficient (Wildman–Crippen LogP) is 4.04. The molecule has 0 bridgehead atoms. The molecule has 6 nitrogen and oxygen atoms in total. The normalized spacial score (nSPS) is 16.4. The van der Waals surface area contributed by atoms with Crippen LogP contribution in [0.3, 0.4) is 0 Å². The summed E-state index contributed by atoms with van der Waals surface area (Å²) < 4.78 is 20.1. The third kappa shape index (κ3) is 3.75. The van der Waals surface area contributed by atoms with E-state index in [-0.39, 0.29) is 11.7 Å². The topological polar surface area (TPSA) is 68.2 Å². The van der Waals surface area contributed by atoms with E-state index in [1.165, 1.54) is 12.3 Å². The molecule has 0 saturated carbocycles. The molecule has 4 aromatic rings. The number of nitrogens with zero attached hydrogens (tertiary/aromatic N) is 4. The van der Waals surface area contributed by atoms with Crippen molar-refractivity contribution < 1.29 is 13.9 Å². The van der Waals surface area contributed by atoms with Crippen LogP contribution < -0.4 is 0 Å². The van der Waals surface area contributed by atoms with Gasteiger partial charge in [-0.1, -0.05) is 30.3 Å². The molecule has 2 aromatic heterocycles. The molecule has 0 spiro atoms. The van der Waals surface area contributed by atoms with Crippen molar-refractivity contribution in [1.82, 2.24) is 19.9 Å². The lowest BCUT2D eigenvalue weighted by Gasteiger charge is -2.32. The number of rotatable bonds is 3. The van der Waals surface area contributed by atoms with Gasteiger partial charge in [-0.05, 0) is 24.3 Å². The fraction of sp³-hybridized carbons (Fsp3) is 0.167. The Hall–Kier alpha value is -3.71. The first-order valence-corrected chi connectivity index (χ1v) is 10.0. The number of benzene rings is 2. The summed E-state index contributed by atoms with van der Waals surface area (Å²) in [7, 11) is 0. The maximum absolute atomic E-state index is 14.2. The molecule has 7 heteroatoms. The number of amides is 1. The number of aromatic nitrogens is 3. The van der Waals surface area contributed by atoms with E-state index >= 15 is 0 Å². The van der Waals surface area contributed by atoms with Gasteiger partial charge >= 0.3 is 0 Å². The summed E-state index contributed by atoms with van der Waals surface area (Å²) >= 11 is 0. The minimum atomic E-state index is -0.445. The van der Waals surface area contributed by atoms with Gasteiger partial charge in [-0.25, -0.2) is 9.37 Å². The Labute approximate surface area is 178 Å². The molecule has 1 amide bonds. The number of carbonyl (C=O) groups is 1. The van der Waals surface area contributed by atoms with Crippen molar-refractivity contribution in [2.45, 2.75) is 6.10 Å². The lowest BCUT2D eigenvalue weighted by molar-refractivity contribution is -0.0247. The van der Waals surface area contributed by atoms with Gasteiger partial charge in [-0.3, -0.25) is 14.8 Å². The Morgan fingerprint density at radius 3 is 2.84 bits per heavy atom. The average Bonchev–Trinajstić information content (AvgIpc) is 2.84.